The lowest BCUT2D eigenvalue weighted by molar-refractivity contribution is -0.141. The van der Waals surface area contributed by atoms with Crippen molar-refractivity contribution in [2.45, 2.75) is 38.0 Å². The molecular formula is C21H22ClN3O3S. The van der Waals surface area contributed by atoms with Crippen molar-refractivity contribution >= 4 is 45.0 Å². The molecule has 29 heavy (non-hydrogen) atoms. The number of carbonyl (C=O) groups is 2. The van der Waals surface area contributed by atoms with Crippen LogP contribution in [0.3, 0.4) is 0 Å². The van der Waals surface area contributed by atoms with Gasteiger partial charge in [0.1, 0.15) is 10.9 Å². The fraction of sp³-hybridized carbons (Fsp3) is 0.333. The Hall–Kier alpha value is -2.35. The summed E-state index contributed by atoms with van der Waals surface area (Å²) in [5.41, 5.74) is 2.92. The Bertz CT molecular complexity index is 1040. The number of amides is 2. The first kappa shape index (κ1) is 19.9. The number of rotatable bonds is 5. The minimum absolute atomic E-state index is 0.120. The molecule has 3 atom stereocenters. The number of aliphatic hydroxyl groups is 1. The van der Waals surface area contributed by atoms with Gasteiger partial charge in [-0.3, -0.25) is 9.59 Å². The molecule has 0 radical (unpaired) electrons. The van der Waals surface area contributed by atoms with Crippen LogP contribution in [-0.4, -0.2) is 46.0 Å². The van der Waals surface area contributed by atoms with Gasteiger partial charge in [0.2, 0.25) is 5.91 Å². The van der Waals surface area contributed by atoms with Crippen LogP contribution < -0.4 is 5.32 Å². The number of benzene rings is 1. The number of hydrogen-bond acceptors (Lipinski definition) is 4. The molecule has 6 nitrogen and oxygen atoms in total. The standard InChI is InChI=1S/C21H22ClN3O3S/c1-11(26)21(28)25(2)19-15-6-4-3-5-12(15)8-16(19)24-18(27)10-14-7-13-9-17(22)29-20(13)23-14/h3-7,9,11,16,19,23,26H,8,10H2,1-2H3,(H,24,27)/t11-,16-,19-/m1/s1. The summed E-state index contributed by atoms with van der Waals surface area (Å²) in [5, 5.41) is 13.8. The molecule has 0 spiro atoms. The zero-order valence-electron chi connectivity index (χ0n) is 16.1. The zero-order valence-corrected chi connectivity index (χ0v) is 17.7. The van der Waals surface area contributed by atoms with Gasteiger partial charge in [0.25, 0.3) is 5.91 Å². The van der Waals surface area contributed by atoms with E-state index < -0.39 is 6.10 Å². The van der Waals surface area contributed by atoms with E-state index in [1.165, 1.54) is 23.2 Å². The molecule has 152 valence electrons. The number of fused-ring (bicyclic) bond motifs is 2. The van der Waals surface area contributed by atoms with Crippen molar-refractivity contribution in [3.63, 3.8) is 0 Å². The van der Waals surface area contributed by atoms with E-state index in [0.717, 1.165) is 27.0 Å². The largest absolute Gasteiger partial charge is 0.384 e. The summed E-state index contributed by atoms with van der Waals surface area (Å²) < 4.78 is 0.708. The predicted octanol–water partition coefficient (Wildman–Crippen LogP) is 3.05. The van der Waals surface area contributed by atoms with Gasteiger partial charge in [-0.05, 0) is 36.6 Å². The van der Waals surface area contributed by atoms with Crippen molar-refractivity contribution in [3.05, 3.63) is 57.6 Å². The molecule has 0 fully saturated rings. The third-order valence-electron chi connectivity index (χ3n) is 5.35. The predicted molar refractivity (Wildman–Crippen MR) is 114 cm³/mol. The van der Waals surface area contributed by atoms with Gasteiger partial charge in [0, 0.05) is 18.1 Å². The molecule has 0 aliphatic heterocycles. The molecule has 0 unspecified atom stereocenters. The van der Waals surface area contributed by atoms with Crippen LogP contribution in [0.5, 0.6) is 0 Å². The summed E-state index contributed by atoms with van der Waals surface area (Å²) in [6.45, 7) is 1.45. The van der Waals surface area contributed by atoms with E-state index in [1.807, 2.05) is 36.4 Å². The van der Waals surface area contributed by atoms with Crippen LogP contribution in [-0.2, 0) is 22.4 Å². The van der Waals surface area contributed by atoms with Crippen LogP contribution in [0, 0.1) is 0 Å². The highest BCUT2D eigenvalue weighted by atomic mass is 35.5. The molecule has 1 aliphatic rings. The summed E-state index contributed by atoms with van der Waals surface area (Å²) in [7, 11) is 1.67. The number of thiophene rings is 1. The van der Waals surface area contributed by atoms with Crippen molar-refractivity contribution in [1.82, 2.24) is 15.2 Å². The highest BCUT2D eigenvalue weighted by molar-refractivity contribution is 7.22. The number of carbonyl (C=O) groups excluding carboxylic acids is 2. The van der Waals surface area contributed by atoms with Crippen LogP contribution in [0.15, 0.2) is 36.4 Å². The molecule has 2 aromatic heterocycles. The molecule has 3 N–H and O–H groups in total. The van der Waals surface area contributed by atoms with Gasteiger partial charge in [-0.1, -0.05) is 35.9 Å². The van der Waals surface area contributed by atoms with Gasteiger partial charge >= 0.3 is 0 Å². The number of likely N-dealkylation sites (N-methyl/N-ethyl adjacent to an activating group) is 1. The number of nitrogens with zero attached hydrogens (tertiary/aromatic N) is 1. The van der Waals surface area contributed by atoms with Gasteiger partial charge in [0.05, 0.1) is 22.8 Å². The molecule has 1 aliphatic carbocycles. The first-order chi connectivity index (χ1) is 13.8. The fourth-order valence-electron chi connectivity index (χ4n) is 4.09. The lowest BCUT2D eigenvalue weighted by Gasteiger charge is -2.32. The Morgan fingerprint density at radius 3 is 2.86 bits per heavy atom. The summed E-state index contributed by atoms with van der Waals surface area (Å²) in [6.07, 6.45) is -0.241. The average Bonchev–Trinajstić information content (AvgIpc) is 3.30. The Morgan fingerprint density at radius 2 is 2.14 bits per heavy atom. The lowest BCUT2D eigenvalue weighted by Crippen LogP contribution is -2.47. The molecule has 3 aromatic rings. The highest BCUT2D eigenvalue weighted by Crippen LogP contribution is 2.36. The molecule has 0 saturated heterocycles. The van der Waals surface area contributed by atoms with Crippen molar-refractivity contribution < 1.29 is 14.7 Å². The average molecular weight is 432 g/mol. The van der Waals surface area contributed by atoms with Crippen molar-refractivity contribution in [3.8, 4) is 0 Å². The maximum absolute atomic E-state index is 12.8. The van der Waals surface area contributed by atoms with Crippen molar-refractivity contribution in [2.24, 2.45) is 0 Å². The first-order valence-electron chi connectivity index (χ1n) is 9.42. The lowest BCUT2D eigenvalue weighted by atomic mass is 10.0. The molecular weight excluding hydrogens is 410 g/mol. The van der Waals surface area contributed by atoms with Gasteiger partial charge in [-0.25, -0.2) is 0 Å². The quantitative estimate of drug-likeness (QED) is 0.580. The summed E-state index contributed by atoms with van der Waals surface area (Å²) in [4.78, 5) is 30.9. The van der Waals surface area contributed by atoms with Crippen LogP contribution in [0.25, 0.3) is 10.2 Å². The molecule has 1 aromatic carbocycles. The Labute approximate surface area is 177 Å². The molecule has 8 heteroatoms. The van der Waals surface area contributed by atoms with Gasteiger partial charge in [0.15, 0.2) is 0 Å². The van der Waals surface area contributed by atoms with Gasteiger partial charge < -0.3 is 20.3 Å². The van der Waals surface area contributed by atoms with E-state index >= 15 is 0 Å². The van der Waals surface area contributed by atoms with E-state index in [-0.39, 0.29) is 30.3 Å². The van der Waals surface area contributed by atoms with E-state index in [1.54, 1.807) is 7.05 Å². The number of aliphatic hydroxyl groups excluding tert-OH is 1. The summed E-state index contributed by atoms with van der Waals surface area (Å²) in [6, 6.07) is 11.1. The number of aromatic amines is 1. The second kappa shape index (κ2) is 7.82. The third-order valence-corrected chi connectivity index (χ3v) is 6.54. The Balaban J connectivity index is 1.51. The van der Waals surface area contributed by atoms with E-state index in [9.17, 15) is 14.7 Å². The van der Waals surface area contributed by atoms with Crippen LogP contribution >= 0.6 is 22.9 Å². The van der Waals surface area contributed by atoms with Crippen molar-refractivity contribution in [1.29, 1.82) is 0 Å². The minimum atomic E-state index is -1.09. The van der Waals surface area contributed by atoms with Crippen molar-refractivity contribution in [2.75, 3.05) is 7.05 Å². The topological polar surface area (TPSA) is 85.4 Å². The Morgan fingerprint density at radius 1 is 1.38 bits per heavy atom. The smallest absolute Gasteiger partial charge is 0.251 e. The van der Waals surface area contributed by atoms with Crippen LogP contribution in [0.4, 0.5) is 0 Å². The van der Waals surface area contributed by atoms with Gasteiger partial charge in [-0.15, -0.1) is 11.3 Å². The monoisotopic (exact) mass is 431 g/mol. The maximum atomic E-state index is 12.8. The number of hydrogen-bond donors (Lipinski definition) is 3. The fourth-order valence-corrected chi connectivity index (χ4v) is 5.24. The normalized spacial score (nSPS) is 19.2. The number of nitrogens with one attached hydrogen (secondary N) is 2. The number of aromatic nitrogens is 1. The van der Waals surface area contributed by atoms with Crippen LogP contribution in [0.2, 0.25) is 4.34 Å². The molecule has 0 saturated carbocycles. The summed E-state index contributed by atoms with van der Waals surface area (Å²) >= 11 is 7.45. The number of halogens is 1. The maximum Gasteiger partial charge on any atom is 0.251 e. The summed E-state index contributed by atoms with van der Waals surface area (Å²) in [5.74, 6) is -0.488. The second-order valence-electron chi connectivity index (χ2n) is 7.45. The zero-order chi connectivity index (χ0) is 20.7. The molecule has 0 bridgehead atoms. The third kappa shape index (κ3) is 3.90. The van der Waals surface area contributed by atoms with Crippen LogP contribution in [0.1, 0.15) is 29.8 Å². The number of H-pyrrole nitrogens is 1. The molecule has 4 rings (SSSR count). The molecule has 2 heterocycles. The second-order valence-corrected chi connectivity index (χ2v) is 9.14. The first-order valence-corrected chi connectivity index (χ1v) is 10.6. The van der Waals surface area contributed by atoms with E-state index in [2.05, 4.69) is 10.3 Å². The SMILES string of the molecule is C[C@@H](O)C(=O)N(C)[C@@H]1c2ccccc2C[C@H]1NC(=O)Cc1cc2cc(Cl)sc2[nH]1. The minimum Gasteiger partial charge on any atom is -0.384 e. The molecule has 2 amide bonds. The Kier molecular flexibility index (Phi) is 5.38. The van der Waals surface area contributed by atoms with E-state index in [0.29, 0.717) is 10.8 Å². The highest BCUT2D eigenvalue weighted by Gasteiger charge is 2.38. The van der Waals surface area contributed by atoms with Gasteiger partial charge in [-0.2, -0.15) is 0 Å². The van der Waals surface area contributed by atoms with E-state index in [4.69, 9.17) is 11.6 Å².